The Morgan fingerprint density at radius 3 is 2.55 bits per heavy atom. The summed E-state index contributed by atoms with van der Waals surface area (Å²) in [6, 6.07) is 11.5. The van der Waals surface area contributed by atoms with Gasteiger partial charge in [-0.1, -0.05) is 18.2 Å². The van der Waals surface area contributed by atoms with Gasteiger partial charge in [-0.3, -0.25) is 4.79 Å². The maximum absolute atomic E-state index is 13.0. The first-order chi connectivity index (χ1) is 14.7. The molecular formula is C22H22F3N3O3. The number of benzene rings is 2. The van der Waals surface area contributed by atoms with Crippen molar-refractivity contribution in [1.82, 2.24) is 15.1 Å². The van der Waals surface area contributed by atoms with Gasteiger partial charge in [0.25, 0.3) is 5.91 Å². The Hall–Kier alpha value is -3.49. The number of aromatic nitrogens is 2. The molecule has 0 saturated heterocycles. The molecular weight excluding hydrogens is 411 g/mol. The van der Waals surface area contributed by atoms with Crippen LogP contribution in [0.2, 0.25) is 0 Å². The normalized spacial score (nSPS) is 12.3. The second-order valence-electron chi connectivity index (χ2n) is 6.87. The molecule has 0 bridgehead atoms. The fourth-order valence-corrected chi connectivity index (χ4v) is 3.16. The molecule has 0 aliphatic rings. The summed E-state index contributed by atoms with van der Waals surface area (Å²) in [7, 11) is 1.51. The van der Waals surface area contributed by atoms with Crippen molar-refractivity contribution in [3.8, 4) is 17.2 Å². The Bertz CT molecular complexity index is 1060. The van der Waals surface area contributed by atoms with Gasteiger partial charge in [0.05, 0.1) is 30.6 Å². The number of hydrogen-bond acceptors (Lipinski definition) is 4. The predicted octanol–water partition coefficient (Wildman–Crippen LogP) is 4.46. The zero-order valence-electron chi connectivity index (χ0n) is 17.2. The highest BCUT2D eigenvalue weighted by Gasteiger charge is 2.30. The number of nitrogens with zero attached hydrogens (tertiary/aromatic N) is 2. The monoisotopic (exact) mass is 433 g/mol. The molecule has 0 unspecified atom stereocenters. The second kappa shape index (κ2) is 9.11. The van der Waals surface area contributed by atoms with Crippen molar-refractivity contribution in [2.45, 2.75) is 26.1 Å². The van der Waals surface area contributed by atoms with Crippen LogP contribution in [-0.2, 0) is 11.0 Å². The lowest BCUT2D eigenvalue weighted by molar-refractivity contribution is -0.137. The van der Waals surface area contributed by atoms with Gasteiger partial charge in [0.1, 0.15) is 0 Å². The number of halogens is 3. The average molecular weight is 433 g/mol. The minimum atomic E-state index is -4.44. The summed E-state index contributed by atoms with van der Waals surface area (Å²) in [5.74, 6) is 0.604. The lowest BCUT2D eigenvalue weighted by atomic mass is 10.1. The molecule has 1 N–H and O–H groups in total. The van der Waals surface area contributed by atoms with Crippen LogP contribution < -0.4 is 14.8 Å². The number of carbonyl (C=O) groups is 1. The van der Waals surface area contributed by atoms with Gasteiger partial charge in [0.15, 0.2) is 18.1 Å². The van der Waals surface area contributed by atoms with Crippen LogP contribution in [-0.4, -0.2) is 29.4 Å². The van der Waals surface area contributed by atoms with E-state index in [2.05, 4.69) is 10.4 Å². The van der Waals surface area contributed by atoms with Crippen molar-refractivity contribution in [2.24, 2.45) is 0 Å². The smallest absolute Gasteiger partial charge is 0.416 e. The van der Waals surface area contributed by atoms with E-state index in [1.807, 2.05) is 0 Å². The maximum Gasteiger partial charge on any atom is 0.416 e. The van der Waals surface area contributed by atoms with E-state index < -0.39 is 17.8 Å². The van der Waals surface area contributed by atoms with Crippen LogP contribution >= 0.6 is 0 Å². The van der Waals surface area contributed by atoms with Gasteiger partial charge in [-0.25, -0.2) is 4.68 Å². The van der Waals surface area contributed by atoms with E-state index >= 15 is 0 Å². The Labute approximate surface area is 177 Å². The molecule has 3 aromatic rings. The number of alkyl halides is 3. The molecule has 2 aromatic carbocycles. The summed E-state index contributed by atoms with van der Waals surface area (Å²) in [5.41, 5.74) is 0.841. The van der Waals surface area contributed by atoms with Crippen molar-refractivity contribution in [1.29, 1.82) is 0 Å². The molecule has 164 valence electrons. The van der Waals surface area contributed by atoms with E-state index in [-0.39, 0.29) is 18.2 Å². The highest BCUT2D eigenvalue weighted by atomic mass is 19.4. The molecule has 0 fully saturated rings. The van der Waals surface area contributed by atoms with Crippen molar-refractivity contribution >= 4 is 5.91 Å². The minimum Gasteiger partial charge on any atom is -0.493 e. The highest BCUT2D eigenvalue weighted by Crippen LogP contribution is 2.31. The number of ether oxygens (including phenoxy) is 2. The molecule has 9 heteroatoms. The first-order valence-electron chi connectivity index (χ1n) is 9.48. The molecule has 3 rings (SSSR count). The van der Waals surface area contributed by atoms with E-state index in [9.17, 15) is 18.0 Å². The first kappa shape index (κ1) is 22.2. The number of carbonyl (C=O) groups excluding carboxylic acids is 1. The van der Waals surface area contributed by atoms with Crippen LogP contribution in [0.3, 0.4) is 0 Å². The quantitative estimate of drug-likeness (QED) is 0.597. The topological polar surface area (TPSA) is 65.4 Å². The molecule has 1 heterocycles. The molecule has 0 spiro atoms. The van der Waals surface area contributed by atoms with Crippen LogP contribution in [0.5, 0.6) is 11.5 Å². The Morgan fingerprint density at radius 2 is 1.87 bits per heavy atom. The molecule has 31 heavy (non-hydrogen) atoms. The van der Waals surface area contributed by atoms with E-state index in [1.54, 1.807) is 44.2 Å². The number of rotatable bonds is 7. The number of para-hydroxylation sites is 2. The first-order valence-corrected chi connectivity index (χ1v) is 9.48. The number of hydrogen-bond donors (Lipinski definition) is 1. The van der Waals surface area contributed by atoms with Crippen LogP contribution in [0.15, 0.2) is 54.7 Å². The molecule has 0 saturated carbocycles. The van der Waals surface area contributed by atoms with Gasteiger partial charge in [-0.2, -0.15) is 18.3 Å². The van der Waals surface area contributed by atoms with Crippen LogP contribution in [0, 0.1) is 6.92 Å². The Kier molecular flexibility index (Phi) is 6.53. The summed E-state index contributed by atoms with van der Waals surface area (Å²) in [6.45, 7) is 3.28. The van der Waals surface area contributed by atoms with Gasteiger partial charge >= 0.3 is 6.18 Å². The largest absolute Gasteiger partial charge is 0.493 e. The molecule has 0 aliphatic carbocycles. The standard InChI is InChI=1S/C22H22F3N3O3/c1-14(27-21(29)13-31-20-10-5-4-9-19(20)30-3)18-12-26-28(15(18)2)17-8-6-7-16(11-17)22(23,24)25/h4-12,14H,13H2,1-3H3,(H,27,29)/t14-/m0/s1. The zero-order chi connectivity index (χ0) is 22.6. The predicted molar refractivity (Wildman–Crippen MR) is 108 cm³/mol. The summed E-state index contributed by atoms with van der Waals surface area (Å²) >= 11 is 0. The molecule has 6 nitrogen and oxygen atoms in total. The number of methoxy groups -OCH3 is 1. The third kappa shape index (κ3) is 5.17. The fraction of sp³-hybridized carbons (Fsp3) is 0.273. The van der Waals surface area contributed by atoms with Crippen LogP contribution in [0.1, 0.15) is 29.8 Å². The summed E-state index contributed by atoms with van der Waals surface area (Å²) in [4.78, 5) is 12.3. The van der Waals surface area contributed by atoms with Crippen molar-refractivity contribution in [3.05, 3.63) is 71.5 Å². The van der Waals surface area contributed by atoms with Crippen molar-refractivity contribution in [2.75, 3.05) is 13.7 Å². The molecule has 0 aliphatic heterocycles. The van der Waals surface area contributed by atoms with Gasteiger partial charge in [-0.05, 0) is 44.2 Å². The van der Waals surface area contributed by atoms with E-state index in [4.69, 9.17) is 9.47 Å². The van der Waals surface area contributed by atoms with Crippen molar-refractivity contribution < 1.29 is 27.4 Å². The third-order valence-corrected chi connectivity index (χ3v) is 4.74. The summed E-state index contributed by atoms with van der Waals surface area (Å²) in [6.07, 6.45) is -2.91. The lowest BCUT2D eigenvalue weighted by Gasteiger charge is -2.15. The molecule has 1 aromatic heterocycles. The van der Waals surface area contributed by atoms with Crippen LogP contribution in [0.4, 0.5) is 13.2 Å². The minimum absolute atomic E-state index is 0.217. The van der Waals surface area contributed by atoms with Gasteiger partial charge < -0.3 is 14.8 Å². The van der Waals surface area contributed by atoms with Gasteiger partial charge in [0, 0.05) is 11.3 Å². The molecule has 1 amide bonds. The van der Waals surface area contributed by atoms with Gasteiger partial charge in [0.2, 0.25) is 0 Å². The Morgan fingerprint density at radius 1 is 1.16 bits per heavy atom. The maximum atomic E-state index is 13.0. The average Bonchev–Trinajstić information content (AvgIpc) is 3.13. The number of nitrogens with one attached hydrogen (secondary N) is 1. The summed E-state index contributed by atoms with van der Waals surface area (Å²) < 4.78 is 51.1. The zero-order valence-corrected chi connectivity index (χ0v) is 17.2. The Balaban J connectivity index is 1.69. The van der Waals surface area contributed by atoms with Crippen molar-refractivity contribution in [3.63, 3.8) is 0 Å². The highest BCUT2D eigenvalue weighted by molar-refractivity contribution is 5.78. The number of amides is 1. The lowest BCUT2D eigenvalue weighted by Crippen LogP contribution is -2.31. The summed E-state index contributed by atoms with van der Waals surface area (Å²) in [5, 5.41) is 7.01. The second-order valence-corrected chi connectivity index (χ2v) is 6.87. The van der Waals surface area contributed by atoms with Crippen LogP contribution in [0.25, 0.3) is 5.69 Å². The van der Waals surface area contributed by atoms with E-state index in [1.165, 1.54) is 24.1 Å². The van der Waals surface area contributed by atoms with Gasteiger partial charge in [-0.15, -0.1) is 0 Å². The third-order valence-electron chi connectivity index (χ3n) is 4.74. The molecule has 1 atom stereocenters. The van der Waals surface area contributed by atoms with E-state index in [0.717, 1.165) is 12.1 Å². The fourth-order valence-electron chi connectivity index (χ4n) is 3.16. The van der Waals surface area contributed by atoms with E-state index in [0.29, 0.717) is 22.8 Å². The SMILES string of the molecule is COc1ccccc1OCC(=O)N[C@@H](C)c1cnn(-c2cccc(C(F)(F)F)c2)c1C. The molecule has 0 radical (unpaired) electrons.